The third kappa shape index (κ3) is 4.85. The number of fused-ring (bicyclic) bond motifs is 1. The number of carboxylic acids is 1. The van der Waals surface area contributed by atoms with Gasteiger partial charge in [0.1, 0.15) is 5.82 Å². The van der Waals surface area contributed by atoms with Crippen LogP contribution in [-0.2, 0) is 9.47 Å². The second-order valence-electron chi connectivity index (χ2n) is 10.1. The highest BCUT2D eigenvalue weighted by atomic mass is 16.5. The van der Waals surface area contributed by atoms with Crippen molar-refractivity contribution in [3.8, 4) is 0 Å². The number of morpholine rings is 1. The number of piperidine rings is 1. The molecular formula is C26H36N6O4. The maximum absolute atomic E-state index is 12.1. The zero-order chi connectivity index (χ0) is 25.2. The maximum Gasteiger partial charge on any atom is 0.354 e. The fraction of sp³-hybridized carbons (Fsp3) is 0.577. The number of carboxylic acid groups (broad SMARTS) is 1. The molecule has 1 atom stereocenters. The minimum atomic E-state index is -1.02. The normalized spacial score (nSPS) is 20.8. The first-order valence-corrected chi connectivity index (χ1v) is 12.8. The average Bonchev–Trinajstić information content (AvgIpc) is 3.30. The quantitative estimate of drug-likeness (QED) is 0.594. The monoisotopic (exact) mass is 496 g/mol. The summed E-state index contributed by atoms with van der Waals surface area (Å²) in [4.78, 5) is 25.9. The lowest BCUT2D eigenvalue weighted by atomic mass is 9.93. The number of aromatic nitrogens is 2. The molecule has 1 unspecified atom stereocenters. The van der Waals surface area contributed by atoms with Crippen LogP contribution >= 0.6 is 0 Å². The summed E-state index contributed by atoms with van der Waals surface area (Å²) in [5, 5.41) is 11.9. The molecule has 36 heavy (non-hydrogen) atoms. The number of carbonyl (C=O) groups is 1. The van der Waals surface area contributed by atoms with Crippen molar-refractivity contribution < 1.29 is 19.4 Å². The van der Waals surface area contributed by atoms with Crippen LogP contribution in [0.4, 0.5) is 23.0 Å². The molecule has 10 nitrogen and oxygen atoms in total. The van der Waals surface area contributed by atoms with E-state index in [1.54, 1.807) is 19.4 Å². The van der Waals surface area contributed by atoms with E-state index >= 15 is 0 Å². The Bertz CT molecular complexity index is 1080. The molecule has 5 rings (SSSR count). The SMILES string of the molecule is COCC1CCN(c2cc(C(=O)O)nc3c2C(C(C)C)NN3c2ccnc(N3CCOCC3)c2)CC1. The first kappa shape index (κ1) is 24.7. The molecule has 2 saturated heterocycles. The lowest BCUT2D eigenvalue weighted by Gasteiger charge is -2.35. The highest BCUT2D eigenvalue weighted by molar-refractivity contribution is 5.89. The lowest BCUT2D eigenvalue weighted by molar-refractivity contribution is 0.0690. The van der Waals surface area contributed by atoms with Gasteiger partial charge in [0.15, 0.2) is 11.5 Å². The number of nitrogens with one attached hydrogen (secondary N) is 1. The lowest BCUT2D eigenvalue weighted by Crippen LogP contribution is -2.37. The molecule has 3 aliphatic heterocycles. The van der Waals surface area contributed by atoms with Crippen LogP contribution in [0.2, 0.25) is 0 Å². The van der Waals surface area contributed by atoms with Crippen LogP contribution in [0.1, 0.15) is 48.8 Å². The minimum absolute atomic E-state index is 0.00189. The van der Waals surface area contributed by atoms with E-state index in [9.17, 15) is 9.90 Å². The van der Waals surface area contributed by atoms with Crippen LogP contribution < -0.4 is 20.2 Å². The Labute approximate surface area is 212 Å². The molecule has 0 spiro atoms. The predicted molar refractivity (Wildman–Crippen MR) is 138 cm³/mol. The van der Waals surface area contributed by atoms with Crippen LogP contribution in [0.25, 0.3) is 0 Å². The maximum atomic E-state index is 12.1. The number of methoxy groups -OCH3 is 1. The van der Waals surface area contributed by atoms with Gasteiger partial charge >= 0.3 is 5.97 Å². The molecule has 0 bridgehead atoms. The van der Waals surface area contributed by atoms with E-state index in [4.69, 9.17) is 9.47 Å². The largest absolute Gasteiger partial charge is 0.477 e. The fourth-order valence-corrected chi connectivity index (χ4v) is 5.40. The summed E-state index contributed by atoms with van der Waals surface area (Å²) in [7, 11) is 1.75. The molecule has 0 aromatic carbocycles. The van der Waals surface area contributed by atoms with E-state index in [2.05, 4.69) is 39.0 Å². The number of pyridine rings is 2. The fourth-order valence-electron chi connectivity index (χ4n) is 5.40. The zero-order valence-electron chi connectivity index (χ0n) is 21.3. The van der Waals surface area contributed by atoms with Crippen molar-refractivity contribution in [2.24, 2.45) is 11.8 Å². The Morgan fingerprint density at radius 3 is 2.61 bits per heavy atom. The Morgan fingerprint density at radius 2 is 1.94 bits per heavy atom. The van der Waals surface area contributed by atoms with Crippen molar-refractivity contribution in [2.75, 3.05) is 67.9 Å². The number of nitrogens with zero attached hydrogens (tertiary/aromatic N) is 5. The Balaban J connectivity index is 1.54. The number of hydrazine groups is 1. The summed E-state index contributed by atoms with van der Waals surface area (Å²) < 4.78 is 10.9. The van der Waals surface area contributed by atoms with E-state index < -0.39 is 5.97 Å². The number of aromatic carboxylic acids is 1. The number of ether oxygens (including phenoxy) is 2. The molecule has 2 fully saturated rings. The molecule has 2 aromatic heterocycles. The Hall–Kier alpha value is -2.95. The third-order valence-electron chi connectivity index (χ3n) is 7.37. The summed E-state index contributed by atoms with van der Waals surface area (Å²) in [6.45, 7) is 9.79. The average molecular weight is 497 g/mol. The number of rotatable bonds is 7. The van der Waals surface area contributed by atoms with Gasteiger partial charge in [-0.15, -0.1) is 0 Å². The first-order chi connectivity index (χ1) is 17.5. The van der Waals surface area contributed by atoms with Crippen molar-refractivity contribution in [1.82, 2.24) is 15.4 Å². The predicted octanol–water partition coefficient (Wildman–Crippen LogP) is 3.23. The molecule has 194 valence electrons. The van der Waals surface area contributed by atoms with Crippen molar-refractivity contribution in [3.05, 3.63) is 35.7 Å². The second-order valence-corrected chi connectivity index (χ2v) is 10.1. The van der Waals surface area contributed by atoms with Crippen molar-refractivity contribution in [1.29, 1.82) is 0 Å². The van der Waals surface area contributed by atoms with Crippen molar-refractivity contribution in [3.63, 3.8) is 0 Å². The summed E-state index contributed by atoms with van der Waals surface area (Å²) in [6, 6.07) is 5.73. The smallest absolute Gasteiger partial charge is 0.354 e. The van der Waals surface area contributed by atoms with Crippen LogP contribution in [-0.4, -0.2) is 74.2 Å². The van der Waals surface area contributed by atoms with Gasteiger partial charge in [0.2, 0.25) is 0 Å². The van der Waals surface area contributed by atoms with E-state index in [0.717, 1.165) is 68.4 Å². The van der Waals surface area contributed by atoms with Gasteiger partial charge in [0.05, 0.1) is 24.9 Å². The number of hydrogen-bond donors (Lipinski definition) is 2. The van der Waals surface area contributed by atoms with Crippen LogP contribution in [0.3, 0.4) is 0 Å². The van der Waals surface area contributed by atoms with Crippen LogP contribution in [0.5, 0.6) is 0 Å². The van der Waals surface area contributed by atoms with Gasteiger partial charge in [0.25, 0.3) is 0 Å². The van der Waals surface area contributed by atoms with Crippen molar-refractivity contribution >= 4 is 29.0 Å². The molecule has 2 aromatic rings. The summed E-state index contributed by atoms with van der Waals surface area (Å²) in [5.41, 5.74) is 6.60. The van der Waals surface area contributed by atoms with Gasteiger partial charge in [-0.05, 0) is 36.8 Å². The topological polar surface area (TPSA) is 103 Å². The molecule has 5 heterocycles. The van der Waals surface area contributed by atoms with Crippen LogP contribution in [0.15, 0.2) is 24.4 Å². The van der Waals surface area contributed by atoms with E-state index in [-0.39, 0.29) is 17.7 Å². The van der Waals surface area contributed by atoms with E-state index in [0.29, 0.717) is 24.9 Å². The van der Waals surface area contributed by atoms with Gasteiger partial charge < -0.3 is 24.4 Å². The molecule has 10 heteroatoms. The van der Waals surface area contributed by atoms with Gasteiger partial charge in [-0.1, -0.05) is 13.8 Å². The molecule has 0 saturated carbocycles. The minimum Gasteiger partial charge on any atom is -0.477 e. The van der Waals surface area contributed by atoms with E-state index in [1.165, 1.54) is 0 Å². The molecule has 0 radical (unpaired) electrons. The summed E-state index contributed by atoms with van der Waals surface area (Å²) in [6.07, 6.45) is 3.83. The second kappa shape index (κ2) is 10.6. The summed E-state index contributed by atoms with van der Waals surface area (Å²) >= 11 is 0. The zero-order valence-corrected chi connectivity index (χ0v) is 21.3. The van der Waals surface area contributed by atoms with Gasteiger partial charge in [-0.25, -0.2) is 20.2 Å². The third-order valence-corrected chi connectivity index (χ3v) is 7.37. The molecule has 2 N–H and O–H groups in total. The molecular weight excluding hydrogens is 460 g/mol. The van der Waals surface area contributed by atoms with Crippen LogP contribution in [0, 0.1) is 11.8 Å². The Kier molecular flexibility index (Phi) is 7.27. The van der Waals surface area contributed by atoms with Crippen molar-refractivity contribution in [2.45, 2.75) is 32.7 Å². The standard InChI is InChI=1S/C26H36N6O4/c1-17(2)24-23-21(30-8-5-18(6-9-30)16-35-3)15-20(26(33)34)28-25(23)32(29-24)19-4-7-27-22(14-19)31-10-12-36-13-11-31/h4,7,14-15,17-18,24,29H,5-6,8-13,16H2,1-3H3,(H,33,34). The highest BCUT2D eigenvalue weighted by Crippen LogP contribution is 2.46. The molecule has 0 amide bonds. The number of hydrogen-bond acceptors (Lipinski definition) is 9. The molecule has 3 aliphatic rings. The van der Waals surface area contributed by atoms with Gasteiger partial charge in [0, 0.05) is 63.4 Å². The molecule has 0 aliphatic carbocycles. The first-order valence-electron chi connectivity index (χ1n) is 12.8. The number of anilines is 4. The van der Waals surface area contributed by atoms with Gasteiger partial charge in [-0.3, -0.25) is 5.01 Å². The van der Waals surface area contributed by atoms with E-state index in [1.807, 2.05) is 17.1 Å². The summed E-state index contributed by atoms with van der Waals surface area (Å²) in [5.74, 6) is 1.32. The van der Waals surface area contributed by atoms with Gasteiger partial charge in [-0.2, -0.15) is 0 Å². The highest BCUT2D eigenvalue weighted by Gasteiger charge is 2.38. The Morgan fingerprint density at radius 1 is 1.19 bits per heavy atom.